The van der Waals surface area contributed by atoms with Crippen LogP contribution in [-0.4, -0.2) is 44.9 Å². The molecule has 2 atom stereocenters. The number of aryl methyl sites for hydroxylation is 2. The third kappa shape index (κ3) is 2.87. The fraction of sp³-hybridized carbons (Fsp3) is 0.450. The van der Waals surface area contributed by atoms with E-state index in [1.807, 2.05) is 37.3 Å². The van der Waals surface area contributed by atoms with Crippen LogP contribution < -0.4 is 5.32 Å². The lowest BCUT2D eigenvalue weighted by atomic mass is 9.81. The van der Waals surface area contributed by atoms with Gasteiger partial charge in [-0.1, -0.05) is 30.7 Å². The maximum atomic E-state index is 12.8. The number of nitrogens with zero attached hydrogens (tertiary/aromatic N) is 3. The van der Waals surface area contributed by atoms with E-state index in [4.69, 9.17) is 0 Å². The van der Waals surface area contributed by atoms with E-state index in [1.165, 1.54) is 0 Å². The maximum absolute atomic E-state index is 12.8. The smallest absolute Gasteiger partial charge is 0.323 e. The molecule has 2 fully saturated rings. The molecule has 4 rings (SSSR count). The first-order chi connectivity index (χ1) is 12.9. The van der Waals surface area contributed by atoms with Crippen LogP contribution in [0.5, 0.6) is 0 Å². The van der Waals surface area contributed by atoms with Gasteiger partial charge >= 0.3 is 12.0 Å². The van der Waals surface area contributed by atoms with Crippen molar-refractivity contribution in [1.29, 1.82) is 0 Å². The van der Waals surface area contributed by atoms with Crippen LogP contribution in [0.15, 0.2) is 30.3 Å². The number of fused-ring (bicyclic) bond motifs is 1. The molecule has 7 heteroatoms. The Morgan fingerprint density at radius 1 is 1.33 bits per heavy atom. The predicted molar refractivity (Wildman–Crippen MR) is 101 cm³/mol. The Morgan fingerprint density at radius 2 is 2.11 bits per heavy atom. The van der Waals surface area contributed by atoms with E-state index in [0.29, 0.717) is 18.8 Å². The second-order valence-corrected chi connectivity index (χ2v) is 7.71. The molecule has 2 heterocycles. The van der Waals surface area contributed by atoms with Gasteiger partial charge in [-0.05, 0) is 31.2 Å². The molecule has 1 aliphatic carbocycles. The van der Waals surface area contributed by atoms with Gasteiger partial charge in [-0.2, -0.15) is 5.10 Å². The zero-order valence-electron chi connectivity index (χ0n) is 15.6. The number of hydrogen-bond donors (Lipinski definition) is 2. The monoisotopic (exact) mass is 368 g/mol. The number of hydrogen-bond acceptors (Lipinski definition) is 3. The Bertz CT molecular complexity index is 906. The summed E-state index contributed by atoms with van der Waals surface area (Å²) in [5, 5.41) is 17.1. The van der Waals surface area contributed by atoms with Crippen LogP contribution in [0.1, 0.15) is 24.8 Å². The summed E-state index contributed by atoms with van der Waals surface area (Å²) >= 11 is 0. The Kier molecular flexibility index (Phi) is 4.17. The van der Waals surface area contributed by atoms with E-state index in [2.05, 4.69) is 10.4 Å². The average molecular weight is 368 g/mol. The van der Waals surface area contributed by atoms with E-state index < -0.39 is 11.4 Å². The van der Waals surface area contributed by atoms with Gasteiger partial charge in [0.15, 0.2) is 0 Å². The Morgan fingerprint density at radius 3 is 2.81 bits per heavy atom. The first kappa shape index (κ1) is 17.6. The minimum absolute atomic E-state index is 0.0508. The standard InChI is InChI=1S/C20H24N4O3/c1-13-6-3-4-8-15(13)16-10-17(23(2)22-16)21-19(27)24-11-14-7-5-9-20(14,12-24)18(25)26/h3-4,6,8,10,14H,5,7,9,11-12H2,1-2H3,(H,21,27)(H,25,26)/t14-,20+/m0/s1. The summed E-state index contributed by atoms with van der Waals surface area (Å²) in [6.07, 6.45) is 2.45. The van der Waals surface area contributed by atoms with Crippen LogP contribution in [-0.2, 0) is 11.8 Å². The minimum Gasteiger partial charge on any atom is -0.481 e. The second-order valence-electron chi connectivity index (χ2n) is 7.71. The number of anilines is 1. The molecule has 0 spiro atoms. The van der Waals surface area contributed by atoms with Gasteiger partial charge in [0.2, 0.25) is 0 Å². The fourth-order valence-corrected chi connectivity index (χ4v) is 4.56. The lowest BCUT2D eigenvalue weighted by Gasteiger charge is -2.23. The first-order valence-corrected chi connectivity index (χ1v) is 9.30. The third-order valence-corrected chi connectivity index (χ3v) is 6.12. The molecule has 1 aliphatic heterocycles. The zero-order chi connectivity index (χ0) is 19.2. The van der Waals surface area contributed by atoms with Crippen LogP contribution in [0.4, 0.5) is 10.6 Å². The zero-order valence-corrected chi connectivity index (χ0v) is 15.6. The molecule has 1 aromatic carbocycles. The SMILES string of the molecule is Cc1ccccc1-c1cc(NC(=O)N2C[C@@H]3CCC[C@@]3(C(=O)O)C2)n(C)n1. The summed E-state index contributed by atoms with van der Waals surface area (Å²) in [5.74, 6) is -0.128. The molecule has 1 saturated carbocycles. The molecule has 1 saturated heterocycles. The van der Waals surface area contributed by atoms with Crippen molar-refractivity contribution in [1.82, 2.24) is 14.7 Å². The summed E-state index contributed by atoms with van der Waals surface area (Å²) in [5.41, 5.74) is 2.17. The highest BCUT2D eigenvalue weighted by Gasteiger charge is 2.55. The summed E-state index contributed by atoms with van der Waals surface area (Å²) in [4.78, 5) is 26.2. The number of carbonyl (C=O) groups excluding carboxylic acids is 1. The maximum Gasteiger partial charge on any atom is 0.323 e. The Labute approximate surface area is 158 Å². The van der Waals surface area contributed by atoms with Crippen molar-refractivity contribution in [3.05, 3.63) is 35.9 Å². The van der Waals surface area contributed by atoms with Crippen LogP contribution in [0.3, 0.4) is 0 Å². The number of carbonyl (C=O) groups is 2. The number of carboxylic acids is 1. The Hall–Kier alpha value is -2.83. The van der Waals surface area contributed by atoms with E-state index in [0.717, 1.165) is 29.7 Å². The van der Waals surface area contributed by atoms with Gasteiger partial charge < -0.3 is 10.0 Å². The van der Waals surface area contributed by atoms with Crippen molar-refractivity contribution in [2.24, 2.45) is 18.4 Å². The molecule has 7 nitrogen and oxygen atoms in total. The molecular formula is C20H24N4O3. The summed E-state index contributed by atoms with van der Waals surface area (Å²) in [6.45, 7) is 2.80. The van der Waals surface area contributed by atoms with E-state index in [-0.39, 0.29) is 18.5 Å². The molecule has 2 N–H and O–H groups in total. The number of rotatable bonds is 3. The summed E-state index contributed by atoms with van der Waals surface area (Å²) in [7, 11) is 1.79. The Balaban J connectivity index is 1.51. The molecule has 0 bridgehead atoms. The molecule has 27 heavy (non-hydrogen) atoms. The lowest BCUT2D eigenvalue weighted by molar-refractivity contribution is -0.149. The number of nitrogens with one attached hydrogen (secondary N) is 1. The van der Waals surface area contributed by atoms with Gasteiger partial charge in [-0.25, -0.2) is 4.79 Å². The van der Waals surface area contributed by atoms with E-state index >= 15 is 0 Å². The predicted octanol–water partition coefficient (Wildman–Crippen LogP) is 3.11. The molecule has 2 aliphatic rings. The average Bonchev–Trinajstić information content (AvgIpc) is 3.28. The molecule has 142 valence electrons. The highest BCUT2D eigenvalue weighted by atomic mass is 16.4. The van der Waals surface area contributed by atoms with Gasteiger partial charge in [-0.3, -0.25) is 14.8 Å². The molecular weight excluding hydrogens is 344 g/mol. The van der Waals surface area contributed by atoms with Gasteiger partial charge in [0.25, 0.3) is 0 Å². The van der Waals surface area contributed by atoms with Crippen LogP contribution in [0.25, 0.3) is 11.3 Å². The highest BCUT2D eigenvalue weighted by molar-refractivity contribution is 5.90. The quantitative estimate of drug-likeness (QED) is 0.871. The molecule has 2 aromatic rings. The number of urea groups is 1. The van der Waals surface area contributed by atoms with Crippen LogP contribution in [0, 0.1) is 18.3 Å². The van der Waals surface area contributed by atoms with Crippen molar-refractivity contribution in [3.63, 3.8) is 0 Å². The number of aromatic nitrogens is 2. The van der Waals surface area contributed by atoms with Crippen molar-refractivity contribution in [2.75, 3.05) is 18.4 Å². The summed E-state index contributed by atoms with van der Waals surface area (Å²) < 4.78 is 1.64. The van der Waals surface area contributed by atoms with Gasteiger partial charge in [0, 0.05) is 31.8 Å². The lowest BCUT2D eigenvalue weighted by Crippen LogP contribution is -2.39. The molecule has 1 aromatic heterocycles. The van der Waals surface area contributed by atoms with Crippen molar-refractivity contribution >= 4 is 17.8 Å². The van der Waals surface area contributed by atoms with Crippen LogP contribution in [0.2, 0.25) is 0 Å². The normalized spacial score (nSPS) is 24.1. The number of benzene rings is 1. The number of likely N-dealkylation sites (tertiary alicyclic amines) is 1. The number of amides is 2. The summed E-state index contributed by atoms with van der Waals surface area (Å²) in [6, 6.07) is 9.56. The van der Waals surface area contributed by atoms with Crippen molar-refractivity contribution in [3.8, 4) is 11.3 Å². The number of aliphatic carboxylic acids is 1. The molecule has 0 unspecified atom stereocenters. The molecule has 0 radical (unpaired) electrons. The van der Waals surface area contributed by atoms with E-state index in [9.17, 15) is 14.7 Å². The fourth-order valence-electron chi connectivity index (χ4n) is 4.56. The van der Waals surface area contributed by atoms with Gasteiger partial charge in [-0.15, -0.1) is 0 Å². The topological polar surface area (TPSA) is 87.5 Å². The van der Waals surface area contributed by atoms with Crippen molar-refractivity contribution < 1.29 is 14.7 Å². The number of carboxylic acid groups (broad SMARTS) is 1. The first-order valence-electron chi connectivity index (χ1n) is 9.30. The third-order valence-electron chi connectivity index (χ3n) is 6.12. The van der Waals surface area contributed by atoms with Gasteiger partial charge in [0.1, 0.15) is 5.82 Å². The van der Waals surface area contributed by atoms with E-state index in [1.54, 1.807) is 16.6 Å². The molecule has 2 amide bonds. The largest absolute Gasteiger partial charge is 0.481 e. The minimum atomic E-state index is -0.775. The second kappa shape index (κ2) is 6.40. The van der Waals surface area contributed by atoms with Crippen LogP contribution >= 0.6 is 0 Å². The van der Waals surface area contributed by atoms with Crippen molar-refractivity contribution in [2.45, 2.75) is 26.2 Å². The highest BCUT2D eigenvalue weighted by Crippen LogP contribution is 2.48. The van der Waals surface area contributed by atoms with Gasteiger partial charge in [0.05, 0.1) is 11.1 Å².